The summed E-state index contributed by atoms with van der Waals surface area (Å²) in [6.07, 6.45) is 2.23. The van der Waals surface area contributed by atoms with Crippen molar-refractivity contribution < 1.29 is 9.53 Å². The minimum absolute atomic E-state index is 0.0279. The number of hydrogen-bond donors (Lipinski definition) is 2. The highest BCUT2D eigenvalue weighted by atomic mass is 16.5. The number of amides is 1. The van der Waals surface area contributed by atoms with E-state index in [1.807, 2.05) is 32.2 Å². The molecule has 23 heavy (non-hydrogen) atoms. The molecule has 4 atom stereocenters. The van der Waals surface area contributed by atoms with Crippen LogP contribution in [0.3, 0.4) is 0 Å². The van der Waals surface area contributed by atoms with E-state index in [-0.39, 0.29) is 30.1 Å². The number of carbonyl (C=O) groups excluding carboxylic acids is 1. The third-order valence-corrected chi connectivity index (χ3v) is 4.22. The number of carbonyl (C=O) groups is 1. The third kappa shape index (κ3) is 4.91. The number of hydrogen-bond acceptors (Lipinski definition) is 5. The molecule has 1 aliphatic rings. The van der Waals surface area contributed by atoms with Gasteiger partial charge in [0.25, 0.3) is 0 Å². The number of ether oxygens (including phenoxy) is 1. The maximum Gasteiger partial charge on any atom is 0.224 e. The summed E-state index contributed by atoms with van der Waals surface area (Å²) in [5.74, 6) is 0.726. The summed E-state index contributed by atoms with van der Waals surface area (Å²) in [7, 11) is 0. The van der Waals surface area contributed by atoms with Crippen LogP contribution >= 0.6 is 0 Å². The standard InChI is InChI=1S/C17H28N4O2/c1-11-9-21(10-12(2)23-11)16-6-5-15(7-19-16)8-20-17(22)13(3)14(4)18/h5-7,11-14H,8-10,18H2,1-4H3,(H,20,22). The van der Waals surface area contributed by atoms with E-state index < -0.39 is 0 Å². The zero-order valence-corrected chi connectivity index (χ0v) is 14.5. The summed E-state index contributed by atoms with van der Waals surface area (Å²) in [4.78, 5) is 18.7. The molecule has 2 heterocycles. The lowest BCUT2D eigenvalue weighted by atomic mass is 10.0. The summed E-state index contributed by atoms with van der Waals surface area (Å²) in [6, 6.07) is 3.85. The van der Waals surface area contributed by atoms with Crippen molar-refractivity contribution in [2.24, 2.45) is 11.7 Å². The van der Waals surface area contributed by atoms with Crippen molar-refractivity contribution >= 4 is 11.7 Å². The van der Waals surface area contributed by atoms with E-state index in [1.165, 1.54) is 0 Å². The highest BCUT2D eigenvalue weighted by molar-refractivity contribution is 5.78. The highest BCUT2D eigenvalue weighted by Gasteiger charge is 2.23. The molecule has 1 aliphatic heterocycles. The van der Waals surface area contributed by atoms with Crippen LogP contribution in [0, 0.1) is 5.92 Å². The summed E-state index contributed by atoms with van der Waals surface area (Å²) < 4.78 is 5.74. The number of nitrogens with two attached hydrogens (primary N) is 1. The molecule has 1 fully saturated rings. The lowest BCUT2D eigenvalue weighted by Gasteiger charge is -2.36. The van der Waals surface area contributed by atoms with Crippen LogP contribution in [0.15, 0.2) is 18.3 Å². The highest BCUT2D eigenvalue weighted by Crippen LogP contribution is 2.18. The van der Waals surface area contributed by atoms with Crippen LogP contribution in [0.25, 0.3) is 0 Å². The predicted octanol–water partition coefficient (Wildman–Crippen LogP) is 1.29. The van der Waals surface area contributed by atoms with Gasteiger partial charge in [-0.25, -0.2) is 4.98 Å². The van der Waals surface area contributed by atoms with Gasteiger partial charge in [0.2, 0.25) is 5.91 Å². The summed E-state index contributed by atoms with van der Waals surface area (Å²) in [5, 5.41) is 2.90. The molecule has 4 unspecified atom stereocenters. The topological polar surface area (TPSA) is 80.5 Å². The molecule has 0 aliphatic carbocycles. The average Bonchev–Trinajstić information content (AvgIpc) is 2.51. The van der Waals surface area contributed by atoms with Crippen LogP contribution in [0.1, 0.15) is 33.3 Å². The Balaban J connectivity index is 1.91. The zero-order chi connectivity index (χ0) is 17.0. The first-order chi connectivity index (χ1) is 10.9. The minimum atomic E-state index is -0.196. The van der Waals surface area contributed by atoms with E-state index in [4.69, 9.17) is 10.5 Å². The van der Waals surface area contributed by atoms with Crippen LogP contribution < -0.4 is 16.0 Å². The van der Waals surface area contributed by atoms with Crippen molar-refractivity contribution in [1.29, 1.82) is 0 Å². The van der Waals surface area contributed by atoms with E-state index in [0.717, 1.165) is 24.5 Å². The number of anilines is 1. The zero-order valence-electron chi connectivity index (χ0n) is 14.5. The minimum Gasteiger partial charge on any atom is -0.372 e. The molecule has 0 saturated carbocycles. The molecule has 6 nitrogen and oxygen atoms in total. The number of morpholine rings is 1. The van der Waals surface area contributed by atoms with Gasteiger partial charge in [0, 0.05) is 37.8 Å². The largest absolute Gasteiger partial charge is 0.372 e. The van der Waals surface area contributed by atoms with Crippen molar-refractivity contribution in [1.82, 2.24) is 10.3 Å². The van der Waals surface area contributed by atoms with E-state index in [1.54, 1.807) is 0 Å². The Morgan fingerprint density at radius 2 is 2.04 bits per heavy atom. The number of pyridine rings is 1. The second-order valence-electron chi connectivity index (χ2n) is 6.55. The molecule has 3 N–H and O–H groups in total. The van der Waals surface area contributed by atoms with Gasteiger partial charge in [-0.2, -0.15) is 0 Å². The van der Waals surface area contributed by atoms with Crippen LogP contribution in [-0.2, 0) is 16.1 Å². The Kier molecular flexibility index (Phi) is 5.96. The summed E-state index contributed by atoms with van der Waals surface area (Å²) >= 11 is 0. The predicted molar refractivity (Wildman–Crippen MR) is 91.1 cm³/mol. The number of nitrogens with zero attached hydrogens (tertiary/aromatic N) is 2. The Bertz CT molecular complexity index is 508. The van der Waals surface area contributed by atoms with Gasteiger partial charge in [0.15, 0.2) is 0 Å². The number of rotatable bonds is 5. The molecular formula is C17H28N4O2. The Hall–Kier alpha value is -1.66. The first-order valence-corrected chi connectivity index (χ1v) is 8.25. The first-order valence-electron chi connectivity index (χ1n) is 8.25. The van der Waals surface area contributed by atoms with Crippen molar-refractivity contribution in [2.45, 2.75) is 52.5 Å². The Labute approximate surface area is 138 Å². The van der Waals surface area contributed by atoms with Crippen molar-refractivity contribution in [2.75, 3.05) is 18.0 Å². The first kappa shape index (κ1) is 17.7. The van der Waals surface area contributed by atoms with Crippen LogP contribution in [0.2, 0.25) is 0 Å². The summed E-state index contributed by atoms with van der Waals surface area (Å²) in [5.41, 5.74) is 6.72. The molecule has 2 rings (SSSR count). The Morgan fingerprint density at radius 3 is 2.57 bits per heavy atom. The van der Waals surface area contributed by atoms with E-state index in [0.29, 0.717) is 6.54 Å². The van der Waals surface area contributed by atoms with E-state index in [9.17, 15) is 4.79 Å². The normalized spacial score (nSPS) is 24.1. The van der Waals surface area contributed by atoms with Crippen LogP contribution in [0.4, 0.5) is 5.82 Å². The van der Waals surface area contributed by atoms with Gasteiger partial charge in [-0.05, 0) is 32.4 Å². The quantitative estimate of drug-likeness (QED) is 0.854. The van der Waals surface area contributed by atoms with Gasteiger partial charge in [0.05, 0.1) is 12.2 Å². The lowest BCUT2D eigenvalue weighted by molar-refractivity contribution is -0.125. The lowest BCUT2D eigenvalue weighted by Crippen LogP contribution is -2.45. The Morgan fingerprint density at radius 1 is 1.39 bits per heavy atom. The fourth-order valence-electron chi connectivity index (χ4n) is 2.66. The van der Waals surface area contributed by atoms with Gasteiger partial charge in [-0.15, -0.1) is 0 Å². The van der Waals surface area contributed by atoms with Gasteiger partial charge in [-0.3, -0.25) is 4.79 Å². The number of aromatic nitrogens is 1. The molecule has 6 heteroatoms. The molecule has 0 aromatic carbocycles. The summed E-state index contributed by atoms with van der Waals surface area (Å²) in [6.45, 7) is 9.99. The molecule has 0 bridgehead atoms. The SMILES string of the molecule is CC1CN(c2ccc(CNC(=O)C(C)C(C)N)cn2)CC(C)O1. The number of nitrogens with one attached hydrogen (secondary N) is 1. The van der Waals surface area contributed by atoms with Gasteiger partial charge < -0.3 is 20.7 Å². The third-order valence-electron chi connectivity index (χ3n) is 4.22. The smallest absolute Gasteiger partial charge is 0.224 e. The van der Waals surface area contributed by atoms with Crippen molar-refractivity contribution in [3.8, 4) is 0 Å². The van der Waals surface area contributed by atoms with E-state index in [2.05, 4.69) is 29.0 Å². The molecule has 0 radical (unpaired) electrons. The average molecular weight is 320 g/mol. The molecule has 1 aromatic rings. The maximum absolute atomic E-state index is 11.9. The molecule has 1 saturated heterocycles. The molecular weight excluding hydrogens is 292 g/mol. The van der Waals surface area contributed by atoms with Crippen LogP contribution in [0.5, 0.6) is 0 Å². The molecule has 1 aromatic heterocycles. The van der Waals surface area contributed by atoms with Crippen LogP contribution in [-0.4, -0.2) is 42.2 Å². The van der Waals surface area contributed by atoms with Gasteiger partial charge in [-0.1, -0.05) is 13.0 Å². The van der Waals surface area contributed by atoms with Crippen molar-refractivity contribution in [3.63, 3.8) is 0 Å². The second kappa shape index (κ2) is 7.75. The maximum atomic E-state index is 11.9. The molecule has 128 valence electrons. The fourth-order valence-corrected chi connectivity index (χ4v) is 2.66. The monoisotopic (exact) mass is 320 g/mol. The fraction of sp³-hybridized carbons (Fsp3) is 0.647. The van der Waals surface area contributed by atoms with Gasteiger partial charge >= 0.3 is 0 Å². The second-order valence-corrected chi connectivity index (χ2v) is 6.55. The van der Waals surface area contributed by atoms with Crippen molar-refractivity contribution in [3.05, 3.63) is 23.9 Å². The van der Waals surface area contributed by atoms with E-state index >= 15 is 0 Å². The van der Waals surface area contributed by atoms with Gasteiger partial charge in [0.1, 0.15) is 5.82 Å². The molecule has 0 spiro atoms. The molecule has 1 amide bonds.